The Labute approximate surface area is 176 Å². The highest BCUT2D eigenvalue weighted by Gasteiger charge is 2.29. The van der Waals surface area contributed by atoms with Gasteiger partial charge in [0.2, 0.25) is 0 Å². The first-order chi connectivity index (χ1) is 14.2. The highest BCUT2D eigenvalue weighted by atomic mass is 16.6. The minimum absolute atomic E-state index is 0.0505. The monoisotopic (exact) mass is 415 g/mol. The number of methoxy groups -OCH3 is 1. The fourth-order valence-electron chi connectivity index (χ4n) is 3.37. The summed E-state index contributed by atoms with van der Waals surface area (Å²) in [7, 11) is 1.34. The summed E-state index contributed by atoms with van der Waals surface area (Å²) < 4.78 is 12.2. The number of piperidine rings is 1. The van der Waals surface area contributed by atoms with Crippen molar-refractivity contribution in [2.24, 2.45) is 0 Å². The maximum Gasteiger partial charge on any atom is 0.410 e. The molecule has 9 heteroatoms. The Morgan fingerprint density at radius 2 is 2.07 bits per heavy atom. The third kappa shape index (κ3) is 5.08. The fraction of sp³-hybridized carbons (Fsp3) is 0.524. The van der Waals surface area contributed by atoms with Gasteiger partial charge in [-0.25, -0.2) is 9.59 Å². The van der Waals surface area contributed by atoms with Crippen LogP contribution in [0, 0.1) is 6.92 Å². The normalized spacial score (nSPS) is 16.8. The van der Waals surface area contributed by atoms with Crippen LogP contribution in [0.4, 0.5) is 16.3 Å². The van der Waals surface area contributed by atoms with E-state index in [1.165, 1.54) is 13.3 Å². The van der Waals surface area contributed by atoms with Crippen LogP contribution in [0.3, 0.4) is 0 Å². The summed E-state index contributed by atoms with van der Waals surface area (Å²) in [5.41, 5.74) is 1.31. The highest BCUT2D eigenvalue weighted by molar-refractivity contribution is 5.96. The summed E-state index contributed by atoms with van der Waals surface area (Å²) in [4.78, 5) is 30.3. The Hall–Kier alpha value is -3.10. The van der Waals surface area contributed by atoms with E-state index in [1.807, 2.05) is 38.6 Å². The molecule has 1 atom stereocenters. The van der Waals surface area contributed by atoms with Gasteiger partial charge >= 0.3 is 12.1 Å². The third-order valence-electron chi connectivity index (χ3n) is 4.82. The number of amides is 1. The van der Waals surface area contributed by atoms with E-state index in [-0.39, 0.29) is 12.1 Å². The van der Waals surface area contributed by atoms with Gasteiger partial charge in [-0.1, -0.05) is 0 Å². The SMILES string of the molecule is COC(=O)c1ccncc1Nc1nn(C2CCCN(C(=O)OC(C)(C)C)C2)cc1C. The molecule has 0 aliphatic carbocycles. The molecular weight excluding hydrogens is 386 g/mol. The number of carbonyl (C=O) groups excluding carboxylic acids is 2. The number of anilines is 2. The first kappa shape index (κ1) is 21.6. The number of hydrogen-bond acceptors (Lipinski definition) is 7. The number of rotatable bonds is 4. The Bertz CT molecular complexity index is 918. The predicted molar refractivity (Wildman–Crippen MR) is 112 cm³/mol. The Morgan fingerprint density at radius 3 is 2.77 bits per heavy atom. The zero-order valence-corrected chi connectivity index (χ0v) is 18.1. The van der Waals surface area contributed by atoms with Gasteiger partial charge in [0.15, 0.2) is 5.82 Å². The molecule has 162 valence electrons. The van der Waals surface area contributed by atoms with Crippen LogP contribution in [-0.4, -0.2) is 57.5 Å². The van der Waals surface area contributed by atoms with Gasteiger partial charge in [-0.2, -0.15) is 5.10 Å². The van der Waals surface area contributed by atoms with Crippen LogP contribution in [0.2, 0.25) is 0 Å². The number of hydrogen-bond donors (Lipinski definition) is 1. The van der Waals surface area contributed by atoms with Crippen molar-refractivity contribution in [1.29, 1.82) is 0 Å². The molecule has 1 N–H and O–H groups in total. The lowest BCUT2D eigenvalue weighted by Crippen LogP contribution is -2.43. The van der Waals surface area contributed by atoms with Crippen LogP contribution < -0.4 is 5.32 Å². The largest absolute Gasteiger partial charge is 0.465 e. The van der Waals surface area contributed by atoms with Crippen molar-refractivity contribution in [2.75, 3.05) is 25.5 Å². The van der Waals surface area contributed by atoms with Gasteiger partial charge in [-0.05, 0) is 46.6 Å². The maximum atomic E-state index is 12.4. The standard InChI is InChI=1S/C21H29N5O4/c1-14-12-26(15-7-6-10-25(13-15)20(28)30-21(2,3)4)24-18(14)23-17-11-22-9-8-16(17)19(27)29-5/h8-9,11-12,15H,6-7,10,13H2,1-5H3,(H,23,24). The van der Waals surface area contributed by atoms with Gasteiger partial charge in [0, 0.05) is 31.0 Å². The van der Waals surface area contributed by atoms with Gasteiger partial charge in [-0.15, -0.1) is 0 Å². The summed E-state index contributed by atoms with van der Waals surface area (Å²) in [6, 6.07) is 1.65. The molecule has 1 aliphatic heterocycles. The zero-order chi connectivity index (χ0) is 21.9. The second kappa shape index (κ2) is 8.73. The predicted octanol–water partition coefficient (Wildman–Crippen LogP) is 3.69. The van der Waals surface area contributed by atoms with Crippen LogP contribution in [0.25, 0.3) is 0 Å². The Morgan fingerprint density at radius 1 is 1.30 bits per heavy atom. The number of pyridine rings is 1. The van der Waals surface area contributed by atoms with E-state index in [9.17, 15) is 9.59 Å². The summed E-state index contributed by atoms with van der Waals surface area (Å²) in [5, 5.41) is 7.85. The maximum absolute atomic E-state index is 12.4. The van der Waals surface area contributed by atoms with Crippen molar-refractivity contribution >= 4 is 23.6 Å². The van der Waals surface area contributed by atoms with Crippen molar-refractivity contribution in [3.63, 3.8) is 0 Å². The lowest BCUT2D eigenvalue weighted by molar-refractivity contribution is 0.0167. The molecule has 1 saturated heterocycles. The highest BCUT2D eigenvalue weighted by Crippen LogP contribution is 2.27. The quantitative estimate of drug-likeness (QED) is 0.760. The van der Waals surface area contributed by atoms with Crippen molar-refractivity contribution in [3.8, 4) is 0 Å². The number of nitrogens with one attached hydrogen (secondary N) is 1. The number of likely N-dealkylation sites (tertiary alicyclic amines) is 1. The number of nitrogens with zero attached hydrogens (tertiary/aromatic N) is 4. The van der Waals surface area contributed by atoms with E-state index in [0.29, 0.717) is 30.2 Å². The lowest BCUT2D eigenvalue weighted by Gasteiger charge is -2.34. The molecule has 0 saturated carbocycles. The fourth-order valence-corrected chi connectivity index (χ4v) is 3.37. The number of aromatic nitrogens is 3. The minimum Gasteiger partial charge on any atom is -0.465 e. The lowest BCUT2D eigenvalue weighted by atomic mass is 10.1. The Balaban J connectivity index is 1.75. The molecular formula is C21H29N5O4. The van der Waals surface area contributed by atoms with E-state index in [2.05, 4.69) is 15.4 Å². The average molecular weight is 415 g/mol. The van der Waals surface area contributed by atoms with E-state index >= 15 is 0 Å². The Kier molecular flexibility index (Phi) is 6.28. The van der Waals surface area contributed by atoms with Crippen molar-refractivity contribution in [3.05, 3.63) is 35.8 Å². The van der Waals surface area contributed by atoms with Crippen molar-refractivity contribution in [1.82, 2.24) is 19.7 Å². The van der Waals surface area contributed by atoms with E-state index in [4.69, 9.17) is 9.47 Å². The van der Waals surface area contributed by atoms with Gasteiger partial charge in [0.25, 0.3) is 0 Å². The molecule has 0 bridgehead atoms. The van der Waals surface area contributed by atoms with Crippen molar-refractivity contribution in [2.45, 2.75) is 52.2 Å². The molecule has 0 radical (unpaired) electrons. The molecule has 3 rings (SSSR count). The number of ether oxygens (including phenoxy) is 2. The van der Waals surface area contributed by atoms with Crippen molar-refractivity contribution < 1.29 is 19.1 Å². The second-order valence-electron chi connectivity index (χ2n) is 8.40. The van der Waals surface area contributed by atoms with Gasteiger partial charge < -0.3 is 19.7 Å². The van der Waals surface area contributed by atoms with Crippen LogP contribution in [0.1, 0.15) is 55.6 Å². The van der Waals surface area contributed by atoms with Crippen LogP contribution >= 0.6 is 0 Å². The molecule has 0 spiro atoms. The van der Waals surface area contributed by atoms with Crippen LogP contribution in [0.15, 0.2) is 24.7 Å². The summed E-state index contributed by atoms with van der Waals surface area (Å²) in [5.74, 6) is 0.180. The minimum atomic E-state index is -0.523. The molecule has 0 aromatic carbocycles. The smallest absolute Gasteiger partial charge is 0.410 e. The number of aryl methyl sites for hydroxylation is 1. The van der Waals surface area contributed by atoms with Gasteiger partial charge in [-0.3, -0.25) is 9.67 Å². The van der Waals surface area contributed by atoms with E-state index in [0.717, 1.165) is 18.4 Å². The zero-order valence-electron chi connectivity index (χ0n) is 18.1. The first-order valence-electron chi connectivity index (χ1n) is 10.0. The summed E-state index contributed by atoms with van der Waals surface area (Å²) in [6.45, 7) is 8.74. The molecule has 1 aliphatic rings. The summed E-state index contributed by atoms with van der Waals surface area (Å²) >= 11 is 0. The third-order valence-corrected chi connectivity index (χ3v) is 4.82. The first-order valence-corrected chi connectivity index (χ1v) is 10.0. The van der Waals surface area contributed by atoms with E-state index < -0.39 is 11.6 Å². The van der Waals surface area contributed by atoms with Gasteiger partial charge in [0.05, 0.1) is 30.6 Å². The van der Waals surface area contributed by atoms with Crippen LogP contribution in [0.5, 0.6) is 0 Å². The van der Waals surface area contributed by atoms with Gasteiger partial charge in [0.1, 0.15) is 5.60 Å². The molecule has 2 aromatic rings. The summed E-state index contributed by atoms with van der Waals surface area (Å²) in [6.07, 6.45) is 6.54. The average Bonchev–Trinajstić information content (AvgIpc) is 3.07. The molecule has 1 unspecified atom stereocenters. The van der Waals surface area contributed by atoms with E-state index in [1.54, 1.807) is 17.2 Å². The molecule has 1 amide bonds. The molecule has 9 nitrogen and oxygen atoms in total. The second-order valence-corrected chi connectivity index (χ2v) is 8.40. The molecule has 1 fully saturated rings. The molecule has 2 aromatic heterocycles. The topological polar surface area (TPSA) is 98.6 Å². The molecule has 3 heterocycles. The number of carbonyl (C=O) groups is 2. The number of esters is 1. The molecule has 30 heavy (non-hydrogen) atoms. The van der Waals surface area contributed by atoms with Crippen LogP contribution in [-0.2, 0) is 9.47 Å².